The number of benzene rings is 2. The van der Waals surface area contributed by atoms with Gasteiger partial charge in [0.05, 0.1) is 5.02 Å². The van der Waals surface area contributed by atoms with Crippen LogP contribution in [0.4, 0.5) is 10.1 Å². The van der Waals surface area contributed by atoms with Crippen LogP contribution in [0.15, 0.2) is 42.5 Å². The minimum absolute atomic E-state index is 0.0853. The maximum absolute atomic E-state index is 13.4. The lowest BCUT2D eigenvalue weighted by Crippen LogP contribution is -2.12. The summed E-state index contributed by atoms with van der Waals surface area (Å²) in [6.07, 6.45) is 0. The first-order valence-electron chi connectivity index (χ1n) is 5.73. The van der Waals surface area contributed by atoms with Crippen LogP contribution in [-0.2, 0) is 0 Å². The van der Waals surface area contributed by atoms with Crippen molar-refractivity contribution in [1.82, 2.24) is 0 Å². The van der Waals surface area contributed by atoms with Gasteiger partial charge in [0.15, 0.2) is 11.6 Å². The van der Waals surface area contributed by atoms with E-state index < -0.39 is 5.82 Å². The summed E-state index contributed by atoms with van der Waals surface area (Å²) >= 11 is 11.6. The fourth-order valence-electron chi connectivity index (χ4n) is 1.54. The molecule has 2 nitrogen and oxygen atoms in total. The number of halogens is 3. The van der Waals surface area contributed by atoms with Gasteiger partial charge in [-0.25, -0.2) is 4.39 Å². The maximum atomic E-state index is 13.4. The summed E-state index contributed by atoms with van der Waals surface area (Å²) in [5.74, 6) is -0.374. The van der Waals surface area contributed by atoms with Crippen LogP contribution >= 0.6 is 23.2 Å². The highest BCUT2D eigenvalue weighted by molar-refractivity contribution is 6.32. The molecule has 100 valence electrons. The average Bonchev–Trinajstić information content (AvgIpc) is 2.39. The van der Waals surface area contributed by atoms with Gasteiger partial charge in [-0.05, 0) is 36.4 Å². The van der Waals surface area contributed by atoms with Crippen molar-refractivity contribution >= 4 is 28.9 Å². The van der Waals surface area contributed by atoms with Crippen molar-refractivity contribution in [2.45, 2.75) is 0 Å². The Labute approximate surface area is 121 Å². The molecule has 0 aliphatic heterocycles. The van der Waals surface area contributed by atoms with Crippen molar-refractivity contribution in [3.05, 3.63) is 58.3 Å². The molecule has 0 unspecified atom stereocenters. The van der Waals surface area contributed by atoms with Gasteiger partial charge >= 0.3 is 0 Å². The third-order valence-corrected chi connectivity index (χ3v) is 2.99. The molecular formula is C14H12Cl2FNO. The molecule has 0 bridgehead atoms. The van der Waals surface area contributed by atoms with Gasteiger partial charge in [-0.3, -0.25) is 0 Å². The Morgan fingerprint density at radius 3 is 2.47 bits per heavy atom. The van der Waals surface area contributed by atoms with Gasteiger partial charge in [-0.2, -0.15) is 0 Å². The van der Waals surface area contributed by atoms with Crippen molar-refractivity contribution in [3.8, 4) is 5.75 Å². The molecule has 0 amide bonds. The molecule has 0 fully saturated rings. The third kappa shape index (κ3) is 4.01. The van der Waals surface area contributed by atoms with Crippen LogP contribution in [-0.4, -0.2) is 13.2 Å². The monoisotopic (exact) mass is 299 g/mol. The van der Waals surface area contributed by atoms with E-state index in [1.54, 1.807) is 18.2 Å². The number of hydrogen-bond acceptors (Lipinski definition) is 2. The Morgan fingerprint density at radius 2 is 1.79 bits per heavy atom. The minimum Gasteiger partial charge on any atom is -0.487 e. The topological polar surface area (TPSA) is 21.3 Å². The molecule has 0 spiro atoms. The van der Waals surface area contributed by atoms with E-state index in [9.17, 15) is 4.39 Å². The largest absolute Gasteiger partial charge is 0.487 e. The highest BCUT2D eigenvalue weighted by Gasteiger charge is 2.07. The summed E-state index contributed by atoms with van der Waals surface area (Å²) in [6.45, 7) is 0.843. The lowest BCUT2D eigenvalue weighted by Gasteiger charge is -2.10. The number of nitrogens with one attached hydrogen (secondary N) is 1. The zero-order valence-corrected chi connectivity index (χ0v) is 11.5. The molecule has 0 saturated carbocycles. The first-order valence-corrected chi connectivity index (χ1v) is 6.48. The van der Waals surface area contributed by atoms with Crippen molar-refractivity contribution in [2.75, 3.05) is 18.5 Å². The molecule has 5 heteroatoms. The van der Waals surface area contributed by atoms with Crippen LogP contribution in [0.2, 0.25) is 10.0 Å². The van der Waals surface area contributed by atoms with Crippen LogP contribution in [0.3, 0.4) is 0 Å². The molecule has 0 heterocycles. The van der Waals surface area contributed by atoms with Crippen LogP contribution in [0, 0.1) is 5.82 Å². The molecule has 0 aliphatic rings. The van der Waals surface area contributed by atoms with Gasteiger partial charge in [-0.1, -0.05) is 29.3 Å². The van der Waals surface area contributed by atoms with Gasteiger partial charge in [0.2, 0.25) is 0 Å². The number of hydrogen-bond donors (Lipinski definition) is 1. The lowest BCUT2D eigenvalue weighted by atomic mass is 10.3. The van der Waals surface area contributed by atoms with Crippen molar-refractivity contribution in [2.24, 2.45) is 0 Å². The SMILES string of the molecule is Fc1cccc(Cl)c1OCCNc1ccc(Cl)cc1. The van der Waals surface area contributed by atoms with Gasteiger partial charge < -0.3 is 10.1 Å². The van der Waals surface area contributed by atoms with Gasteiger partial charge in [-0.15, -0.1) is 0 Å². The number of ether oxygens (including phenoxy) is 1. The Morgan fingerprint density at radius 1 is 1.05 bits per heavy atom. The second kappa shape index (κ2) is 6.64. The van der Waals surface area contributed by atoms with E-state index in [2.05, 4.69) is 5.32 Å². The molecule has 2 aromatic rings. The highest BCUT2D eigenvalue weighted by Crippen LogP contribution is 2.27. The zero-order valence-electron chi connectivity index (χ0n) is 10.00. The first kappa shape index (κ1) is 14.0. The first-order chi connectivity index (χ1) is 9.16. The summed E-state index contributed by atoms with van der Waals surface area (Å²) < 4.78 is 18.7. The van der Waals surface area contributed by atoms with E-state index in [0.717, 1.165) is 5.69 Å². The second-order valence-corrected chi connectivity index (χ2v) is 4.68. The predicted octanol–water partition coefficient (Wildman–Crippen LogP) is 4.62. The molecule has 0 aliphatic carbocycles. The standard InChI is InChI=1S/C14H12Cl2FNO/c15-10-4-6-11(7-5-10)18-8-9-19-14-12(16)2-1-3-13(14)17/h1-7,18H,8-9H2. The Bertz CT molecular complexity index is 525. The second-order valence-electron chi connectivity index (χ2n) is 3.83. The summed E-state index contributed by atoms with van der Waals surface area (Å²) in [7, 11) is 0. The zero-order chi connectivity index (χ0) is 13.7. The van der Waals surface area contributed by atoms with Gasteiger partial charge in [0, 0.05) is 17.3 Å². The van der Waals surface area contributed by atoms with Crippen molar-refractivity contribution < 1.29 is 9.13 Å². The van der Waals surface area contributed by atoms with Gasteiger partial charge in [0.1, 0.15) is 6.61 Å². The van der Waals surface area contributed by atoms with E-state index in [-0.39, 0.29) is 10.8 Å². The van der Waals surface area contributed by atoms with E-state index in [1.807, 2.05) is 12.1 Å². The predicted molar refractivity (Wildman–Crippen MR) is 76.8 cm³/mol. The fourth-order valence-corrected chi connectivity index (χ4v) is 1.88. The third-order valence-electron chi connectivity index (χ3n) is 2.44. The molecule has 1 N–H and O–H groups in total. The summed E-state index contributed by atoms with van der Waals surface area (Å²) in [5, 5.41) is 4.08. The molecule has 19 heavy (non-hydrogen) atoms. The molecule has 2 rings (SSSR count). The Kier molecular flexibility index (Phi) is 4.88. The minimum atomic E-state index is -0.459. The number of anilines is 1. The molecule has 0 radical (unpaired) electrons. The quantitative estimate of drug-likeness (QED) is 0.813. The van der Waals surface area contributed by atoms with Gasteiger partial charge in [0.25, 0.3) is 0 Å². The normalized spacial score (nSPS) is 10.3. The average molecular weight is 300 g/mol. The van der Waals surface area contributed by atoms with E-state index >= 15 is 0 Å². The smallest absolute Gasteiger partial charge is 0.173 e. The Hall–Kier alpha value is -1.45. The number of para-hydroxylation sites is 1. The maximum Gasteiger partial charge on any atom is 0.173 e. The molecule has 0 aromatic heterocycles. The van der Waals surface area contributed by atoms with Crippen molar-refractivity contribution in [1.29, 1.82) is 0 Å². The lowest BCUT2D eigenvalue weighted by molar-refractivity contribution is 0.315. The highest BCUT2D eigenvalue weighted by atomic mass is 35.5. The van der Waals surface area contributed by atoms with E-state index in [0.29, 0.717) is 18.2 Å². The van der Waals surface area contributed by atoms with Crippen LogP contribution in [0.1, 0.15) is 0 Å². The van der Waals surface area contributed by atoms with Crippen LogP contribution < -0.4 is 10.1 Å². The summed E-state index contributed by atoms with van der Waals surface area (Å²) in [4.78, 5) is 0. The van der Waals surface area contributed by atoms with Crippen molar-refractivity contribution in [3.63, 3.8) is 0 Å². The van der Waals surface area contributed by atoms with Crippen LogP contribution in [0.5, 0.6) is 5.75 Å². The molecule has 0 atom stereocenters. The molecule has 0 saturated heterocycles. The fraction of sp³-hybridized carbons (Fsp3) is 0.143. The number of rotatable bonds is 5. The molecule has 2 aromatic carbocycles. The summed E-state index contributed by atoms with van der Waals surface area (Å²) in [5.41, 5.74) is 0.924. The van der Waals surface area contributed by atoms with Crippen LogP contribution in [0.25, 0.3) is 0 Å². The molecular weight excluding hydrogens is 288 g/mol. The van der Waals surface area contributed by atoms with E-state index in [1.165, 1.54) is 12.1 Å². The summed E-state index contributed by atoms with van der Waals surface area (Å²) in [6, 6.07) is 11.7. The Balaban J connectivity index is 1.82. The van der Waals surface area contributed by atoms with E-state index in [4.69, 9.17) is 27.9 Å².